The van der Waals surface area contributed by atoms with E-state index in [9.17, 15) is 19.5 Å². The molecule has 1 atom stereocenters. The zero-order valence-electron chi connectivity index (χ0n) is 21.0. The third-order valence-corrected chi connectivity index (χ3v) is 6.57. The topological polar surface area (TPSA) is 93.1 Å². The maximum Gasteiger partial charge on any atom is 0.338 e. The third-order valence-electron chi connectivity index (χ3n) is 6.07. The summed E-state index contributed by atoms with van der Waals surface area (Å²) in [5, 5.41) is 11.8. The van der Waals surface area contributed by atoms with Crippen LogP contribution >= 0.6 is 23.2 Å². The van der Waals surface area contributed by atoms with Gasteiger partial charge < -0.3 is 14.6 Å². The van der Waals surface area contributed by atoms with Crippen LogP contribution in [0.25, 0.3) is 5.76 Å². The molecular formula is C29H25Cl2NO6. The van der Waals surface area contributed by atoms with E-state index < -0.39 is 29.5 Å². The van der Waals surface area contributed by atoms with Crippen LogP contribution in [0.5, 0.6) is 5.75 Å². The predicted molar refractivity (Wildman–Crippen MR) is 146 cm³/mol. The Morgan fingerprint density at radius 3 is 2.47 bits per heavy atom. The minimum atomic E-state index is -1.01. The van der Waals surface area contributed by atoms with Gasteiger partial charge in [-0.2, -0.15) is 0 Å². The summed E-state index contributed by atoms with van der Waals surface area (Å²) in [6.07, 6.45) is 0.657. The van der Waals surface area contributed by atoms with Crippen LogP contribution in [0.15, 0.2) is 66.2 Å². The Labute approximate surface area is 230 Å². The fourth-order valence-electron chi connectivity index (χ4n) is 4.40. The minimum absolute atomic E-state index is 0.0672. The number of hydrogen-bond acceptors (Lipinski definition) is 6. The molecule has 0 bridgehead atoms. The van der Waals surface area contributed by atoms with E-state index in [0.717, 1.165) is 5.56 Å². The first-order valence-electron chi connectivity index (χ1n) is 11.9. The summed E-state index contributed by atoms with van der Waals surface area (Å²) in [7, 11) is 1.37. The molecule has 0 radical (unpaired) electrons. The second-order valence-electron chi connectivity index (χ2n) is 8.74. The van der Waals surface area contributed by atoms with Crippen LogP contribution in [-0.2, 0) is 14.3 Å². The Kier molecular flexibility index (Phi) is 8.09. The largest absolute Gasteiger partial charge is 0.507 e. The number of amides is 1. The zero-order chi connectivity index (χ0) is 27.6. The molecule has 1 aliphatic rings. The van der Waals surface area contributed by atoms with Crippen molar-refractivity contribution in [3.05, 3.63) is 98.5 Å². The summed E-state index contributed by atoms with van der Waals surface area (Å²) in [6.45, 7) is 4.01. The zero-order valence-corrected chi connectivity index (χ0v) is 22.5. The molecule has 0 aliphatic carbocycles. The van der Waals surface area contributed by atoms with E-state index in [-0.39, 0.29) is 39.1 Å². The number of nitrogens with zero attached hydrogens (tertiary/aromatic N) is 1. The van der Waals surface area contributed by atoms with Gasteiger partial charge in [-0.05, 0) is 49.2 Å². The van der Waals surface area contributed by atoms with E-state index in [1.807, 2.05) is 26.0 Å². The summed E-state index contributed by atoms with van der Waals surface area (Å²) >= 11 is 12.5. The van der Waals surface area contributed by atoms with Crippen LogP contribution in [0.4, 0.5) is 5.69 Å². The van der Waals surface area contributed by atoms with Gasteiger partial charge in [0.15, 0.2) is 0 Å². The monoisotopic (exact) mass is 553 g/mol. The first kappa shape index (κ1) is 27.2. The quantitative estimate of drug-likeness (QED) is 0.155. The van der Waals surface area contributed by atoms with Crippen LogP contribution < -0.4 is 9.64 Å². The molecule has 1 heterocycles. The number of methoxy groups -OCH3 is 1. The summed E-state index contributed by atoms with van der Waals surface area (Å²) in [6, 6.07) is 15.3. The minimum Gasteiger partial charge on any atom is -0.507 e. The van der Waals surface area contributed by atoms with Crippen LogP contribution in [0.2, 0.25) is 10.0 Å². The Balaban J connectivity index is 1.95. The molecule has 1 N–H and O–H groups in total. The highest BCUT2D eigenvalue weighted by molar-refractivity contribution is 6.52. The van der Waals surface area contributed by atoms with E-state index in [2.05, 4.69) is 0 Å². The molecule has 4 rings (SSSR count). The van der Waals surface area contributed by atoms with E-state index in [0.29, 0.717) is 17.7 Å². The summed E-state index contributed by atoms with van der Waals surface area (Å²) in [5.41, 5.74) is 1.88. The van der Waals surface area contributed by atoms with Crippen LogP contribution in [0.3, 0.4) is 0 Å². The van der Waals surface area contributed by atoms with Crippen molar-refractivity contribution in [2.45, 2.75) is 26.3 Å². The summed E-state index contributed by atoms with van der Waals surface area (Å²) in [4.78, 5) is 40.8. The molecule has 196 valence electrons. The smallest absolute Gasteiger partial charge is 0.338 e. The SMILES string of the molecule is CCCOC(=O)c1cccc(N2C(=O)C(=O)/C(=C(/O)c3cc(Cl)cc(Cl)c3OC)C2c2cccc(C)c2)c1. The van der Waals surface area contributed by atoms with Gasteiger partial charge in [0, 0.05) is 10.7 Å². The molecule has 3 aromatic carbocycles. The van der Waals surface area contributed by atoms with Gasteiger partial charge in [-0.15, -0.1) is 0 Å². The fraction of sp³-hybridized carbons (Fsp3) is 0.207. The number of halogens is 2. The van der Waals surface area contributed by atoms with E-state index in [1.165, 1.54) is 30.2 Å². The molecule has 1 aliphatic heterocycles. The second-order valence-corrected chi connectivity index (χ2v) is 9.58. The number of aliphatic hydroxyl groups excluding tert-OH is 1. The molecule has 38 heavy (non-hydrogen) atoms. The van der Waals surface area contributed by atoms with E-state index in [4.69, 9.17) is 32.7 Å². The number of esters is 1. The highest BCUT2D eigenvalue weighted by Crippen LogP contribution is 2.45. The Morgan fingerprint density at radius 2 is 1.79 bits per heavy atom. The van der Waals surface area contributed by atoms with Crippen molar-refractivity contribution in [1.82, 2.24) is 0 Å². The predicted octanol–water partition coefficient (Wildman–Crippen LogP) is 6.50. The normalized spacial score (nSPS) is 16.6. The lowest BCUT2D eigenvalue weighted by Crippen LogP contribution is -2.29. The number of benzene rings is 3. The van der Waals surface area contributed by atoms with E-state index in [1.54, 1.807) is 30.3 Å². The lowest BCUT2D eigenvalue weighted by molar-refractivity contribution is -0.132. The highest BCUT2D eigenvalue weighted by Gasteiger charge is 2.47. The average molecular weight is 554 g/mol. The number of carbonyl (C=O) groups is 3. The third kappa shape index (κ3) is 5.12. The van der Waals surface area contributed by atoms with Gasteiger partial charge in [-0.1, -0.05) is 66.0 Å². The molecule has 0 aromatic heterocycles. The summed E-state index contributed by atoms with van der Waals surface area (Å²) < 4.78 is 10.6. The van der Waals surface area contributed by atoms with Crippen molar-refractivity contribution in [1.29, 1.82) is 0 Å². The van der Waals surface area contributed by atoms with Gasteiger partial charge in [0.1, 0.15) is 11.5 Å². The number of hydrogen-bond donors (Lipinski definition) is 1. The molecule has 3 aromatic rings. The number of carbonyl (C=O) groups excluding carboxylic acids is 3. The number of ketones is 1. The number of rotatable bonds is 7. The molecule has 0 spiro atoms. The highest BCUT2D eigenvalue weighted by atomic mass is 35.5. The average Bonchev–Trinajstić information content (AvgIpc) is 3.16. The molecule has 1 amide bonds. The van der Waals surface area contributed by atoms with Crippen molar-refractivity contribution < 1.29 is 29.0 Å². The van der Waals surface area contributed by atoms with Gasteiger partial charge in [-0.25, -0.2) is 4.79 Å². The van der Waals surface area contributed by atoms with Crippen molar-refractivity contribution in [3.63, 3.8) is 0 Å². The lowest BCUT2D eigenvalue weighted by Gasteiger charge is -2.26. The van der Waals surface area contributed by atoms with Crippen LogP contribution in [-0.4, -0.2) is 36.5 Å². The first-order chi connectivity index (χ1) is 18.2. The maximum absolute atomic E-state index is 13.5. The van der Waals surface area contributed by atoms with Crippen LogP contribution in [0, 0.1) is 6.92 Å². The number of Topliss-reactive ketones (excluding diaryl/α,β-unsaturated/α-hetero) is 1. The maximum atomic E-state index is 13.5. The molecule has 1 fully saturated rings. The van der Waals surface area contributed by atoms with Gasteiger partial charge >= 0.3 is 5.97 Å². The van der Waals surface area contributed by atoms with Crippen molar-refractivity contribution >= 4 is 52.3 Å². The van der Waals surface area contributed by atoms with Gasteiger partial charge in [0.25, 0.3) is 11.7 Å². The van der Waals surface area contributed by atoms with Gasteiger partial charge in [0.2, 0.25) is 0 Å². The Bertz CT molecular complexity index is 1470. The number of ether oxygens (including phenoxy) is 2. The fourth-order valence-corrected chi connectivity index (χ4v) is 4.97. The molecule has 7 nitrogen and oxygen atoms in total. The lowest BCUT2D eigenvalue weighted by atomic mass is 9.94. The van der Waals surface area contributed by atoms with Crippen molar-refractivity contribution in [2.24, 2.45) is 0 Å². The van der Waals surface area contributed by atoms with Crippen molar-refractivity contribution in [2.75, 3.05) is 18.6 Å². The first-order valence-corrected chi connectivity index (χ1v) is 12.6. The number of anilines is 1. The Hall–Kier alpha value is -3.81. The standard InChI is InChI=1S/C29H25Cl2NO6/c1-4-11-38-29(36)18-9-6-10-20(13-18)32-24(17-8-5-7-16(2)12-17)23(26(34)28(32)35)25(33)21-14-19(30)15-22(31)27(21)37-3/h5-10,12-15,24,33H,4,11H2,1-3H3/b25-23+. The molecule has 0 saturated carbocycles. The van der Waals surface area contributed by atoms with Gasteiger partial charge in [-0.3, -0.25) is 14.5 Å². The van der Waals surface area contributed by atoms with Crippen molar-refractivity contribution in [3.8, 4) is 5.75 Å². The second kappa shape index (κ2) is 11.3. The van der Waals surface area contributed by atoms with E-state index >= 15 is 0 Å². The number of aryl methyl sites for hydroxylation is 1. The Morgan fingerprint density at radius 1 is 1.05 bits per heavy atom. The van der Waals surface area contributed by atoms with Crippen LogP contribution in [0.1, 0.15) is 46.4 Å². The molecular weight excluding hydrogens is 529 g/mol. The molecule has 1 saturated heterocycles. The molecule has 9 heteroatoms. The number of aliphatic hydroxyl groups is 1. The summed E-state index contributed by atoms with van der Waals surface area (Å²) in [5.74, 6) is -2.72. The van der Waals surface area contributed by atoms with Gasteiger partial charge in [0.05, 0.1) is 41.5 Å². The molecule has 1 unspecified atom stereocenters.